The van der Waals surface area contributed by atoms with Crippen LogP contribution in [0.25, 0.3) is 0 Å². The smallest absolute Gasteiger partial charge is 0.259 e. The number of piperazine rings is 1. The Morgan fingerprint density at radius 1 is 1.05 bits per heavy atom. The van der Waals surface area contributed by atoms with E-state index in [1.54, 1.807) is 4.90 Å². The monoisotopic (exact) mass is 297 g/mol. The average molecular weight is 297 g/mol. The van der Waals surface area contributed by atoms with Gasteiger partial charge in [0.2, 0.25) is 5.91 Å². The minimum absolute atomic E-state index is 0.0679. The molecule has 0 atom stereocenters. The topological polar surface area (TPSA) is 66.6 Å². The second-order valence-electron chi connectivity index (χ2n) is 4.81. The van der Waals surface area contributed by atoms with Crippen molar-refractivity contribution in [2.24, 2.45) is 5.73 Å². The number of amides is 2. The van der Waals surface area contributed by atoms with Crippen LogP contribution in [0.5, 0.6) is 0 Å². The van der Waals surface area contributed by atoms with Gasteiger partial charge >= 0.3 is 0 Å². The number of carbonyl (C=O) groups is 2. The molecule has 1 aliphatic heterocycles. The number of nitrogens with zero attached hydrogens (tertiary/aromatic N) is 2. The van der Waals surface area contributed by atoms with Crippen LogP contribution < -0.4 is 5.73 Å². The van der Waals surface area contributed by atoms with Crippen molar-refractivity contribution in [2.75, 3.05) is 32.7 Å². The van der Waals surface area contributed by atoms with Crippen molar-refractivity contribution in [1.29, 1.82) is 0 Å². The molecule has 1 saturated heterocycles. The summed E-state index contributed by atoms with van der Waals surface area (Å²) in [5.41, 5.74) is 4.78. The maximum Gasteiger partial charge on any atom is 0.259 e. The first kappa shape index (κ1) is 15.4. The highest BCUT2D eigenvalue weighted by molar-refractivity contribution is 5.95. The van der Waals surface area contributed by atoms with E-state index in [0.717, 1.165) is 12.1 Å². The first-order valence-electron chi connectivity index (χ1n) is 6.75. The maximum absolute atomic E-state index is 13.6. The summed E-state index contributed by atoms with van der Waals surface area (Å²) in [7, 11) is 0. The predicted molar refractivity (Wildman–Crippen MR) is 72.5 cm³/mol. The van der Waals surface area contributed by atoms with Gasteiger partial charge in [0.1, 0.15) is 17.2 Å². The second kappa shape index (κ2) is 6.62. The van der Waals surface area contributed by atoms with E-state index in [1.165, 1.54) is 11.0 Å². The molecule has 0 unspecified atom stereocenters. The van der Waals surface area contributed by atoms with Gasteiger partial charge in [0.05, 0.1) is 0 Å². The molecule has 0 bridgehead atoms. The number of halogens is 2. The highest BCUT2D eigenvalue weighted by atomic mass is 19.1. The summed E-state index contributed by atoms with van der Waals surface area (Å²) in [5, 5.41) is 0. The van der Waals surface area contributed by atoms with Gasteiger partial charge in [0.25, 0.3) is 5.91 Å². The summed E-state index contributed by atoms with van der Waals surface area (Å²) in [6.07, 6.45) is 0.260. The van der Waals surface area contributed by atoms with Crippen molar-refractivity contribution < 1.29 is 18.4 Å². The first-order valence-corrected chi connectivity index (χ1v) is 6.75. The van der Waals surface area contributed by atoms with Crippen LogP contribution in [-0.4, -0.2) is 54.3 Å². The Kier molecular flexibility index (Phi) is 4.85. The number of hydrogen-bond donors (Lipinski definition) is 1. The molecule has 5 nitrogen and oxygen atoms in total. The van der Waals surface area contributed by atoms with Crippen LogP contribution in [-0.2, 0) is 4.79 Å². The summed E-state index contributed by atoms with van der Waals surface area (Å²) in [4.78, 5) is 26.8. The molecule has 0 aliphatic carbocycles. The average Bonchev–Trinajstić information content (AvgIpc) is 2.47. The van der Waals surface area contributed by atoms with Gasteiger partial charge in [-0.15, -0.1) is 0 Å². The van der Waals surface area contributed by atoms with Gasteiger partial charge in [0.15, 0.2) is 0 Å². The molecule has 0 spiro atoms. The Morgan fingerprint density at radius 3 is 2.10 bits per heavy atom. The standard InChI is InChI=1S/C14H17F2N3O2/c15-10-2-1-3-11(16)13(10)14(21)19-8-6-18(7-9-19)12(20)4-5-17/h1-3H,4-9,17H2. The first-order chi connectivity index (χ1) is 10.0. The molecule has 1 aliphatic rings. The van der Waals surface area contributed by atoms with Crippen LogP contribution in [0.2, 0.25) is 0 Å². The molecule has 1 aromatic carbocycles. The van der Waals surface area contributed by atoms with Crippen LogP contribution in [0, 0.1) is 11.6 Å². The fourth-order valence-corrected chi connectivity index (χ4v) is 2.30. The molecular weight excluding hydrogens is 280 g/mol. The highest BCUT2D eigenvalue weighted by Crippen LogP contribution is 2.16. The van der Waals surface area contributed by atoms with Crippen molar-refractivity contribution in [3.8, 4) is 0 Å². The quantitative estimate of drug-likeness (QED) is 0.888. The van der Waals surface area contributed by atoms with Crippen molar-refractivity contribution in [3.63, 3.8) is 0 Å². The maximum atomic E-state index is 13.6. The van der Waals surface area contributed by atoms with E-state index >= 15 is 0 Å². The number of benzene rings is 1. The van der Waals surface area contributed by atoms with E-state index in [9.17, 15) is 18.4 Å². The molecule has 1 fully saturated rings. The minimum atomic E-state index is -0.873. The molecule has 2 N–H and O–H groups in total. The van der Waals surface area contributed by atoms with E-state index in [2.05, 4.69) is 0 Å². The summed E-state index contributed by atoms with van der Waals surface area (Å²) in [6.45, 7) is 1.48. The predicted octanol–water partition coefficient (Wildman–Crippen LogP) is 0.598. The fraction of sp³-hybridized carbons (Fsp3) is 0.429. The SMILES string of the molecule is NCCC(=O)N1CCN(C(=O)c2c(F)cccc2F)CC1. The van der Waals surface area contributed by atoms with E-state index in [0.29, 0.717) is 13.1 Å². The summed E-state index contributed by atoms with van der Waals surface area (Å²) in [6, 6.07) is 3.32. The second-order valence-corrected chi connectivity index (χ2v) is 4.81. The molecule has 1 aromatic rings. The Bertz CT molecular complexity index is 523. The van der Waals surface area contributed by atoms with Crippen LogP contribution in [0.1, 0.15) is 16.8 Å². The fourth-order valence-electron chi connectivity index (χ4n) is 2.30. The van der Waals surface area contributed by atoms with E-state index in [1.807, 2.05) is 0 Å². The molecule has 0 aromatic heterocycles. The van der Waals surface area contributed by atoms with Crippen molar-refractivity contribution >= 4 is 11.8 Å². The Labute approximate surface area is 121 Å². The highest BCUT2D eigenvalue weighted by Gasteiger charge is 2.27. The normalized spacial score (nSPS) is 15.2. The molecule has 21 heavy (non-hydrogen) atoms. The van der Waals surface area contributed by atoms with Gasteiger partial charge in [0, 0.05) is 39.1 Å². The molecule has 1 heterocycles. The van der Waals surface area contributed by atoms with Crippen molar-refractivity contribution in [3.05, 3.63) is 35.4 Å². The molecule has 7 heteroatoms. The zero-order chi connectivity index (χ0) is 15.4. The third-order valence-electron chi connectivity index (χ3n) is 3.45. The molecular formula is C14H17F2N3O2. The third-order valence-corrected chi connectivity index (χ3v) is 3.45. The number of rotatable bonds is 3. The lowest BCUT2D eigenvalue weighted by Gasteiger charge is -2.34. The lowest BCUT2D eigenvalue weighted by molar-refractivity contribution is -0.132. The summed E-state index contributed by atoms with van der Waals surface area (Å²) < 4.78 is 27.2. The molecule has 2 rings (SSSR count). The molecule has 114 valence electrons. The van der Waals surface area contributed by atoms with Crippen molar-refractivity contribution in [2.45, 2.75) is 6.42 Å². The van der Waals surface area contributed by atoms with Gasteiger partial charge in [-0.25, -0.2) is 8.78 Å². The molecule has 2 amide bonds. The molecule has 0 radical (unpaired) electrons. The lowest BCUT2D eigenvalue weighted by Crippen LogP contribution is -2.51. The lowest BCUT2D eigenvalue weighted by atomic mass is 10.1. The number of nitrogens with two attached hydrogens (primary N) is 1. The molecule has 0 saturated carbocycles. The van der Waals surface area contributed by atoms with Crippen LogP contribution >= 0.6 is 0 Å². The van der Waals surface area contributed by atoms with Gasteiger partial charge in [-0.2, -0.15) is 0 Å². The van der Waals surface area contributed by atoms with E-state index in [4.69, 9.17) is 5.73 Å². The van der Waals surface area contributed by atoms with Crippen LogP contribution in [0.4, 0.5) is 8.78 Å². The summed E-state index contributed by atoms with van der Waals surface area (Å²) in [5.74, 6) is -2.50. The van der Waals surface area contributed by atoms with Crippen LogP contribution in [0.15, 0.2) is 18.2 Å². The summed E-state index contributed by atoms with van der Waals surface area (Å²) >= 11 is 0. The zero-order valence-electron chi connectivity index (χ0n) is 11.5. The van der Waals surface area contributed by atoms with Gasteiger partial charge in [-0.05, 0) is 12.1 Å². The number of carbonyl (C=O) groups excluding carboxylic acids is 2. The van der Waals surface area contributed by atoms with Crippen molar-refractivity contribution in [1.82, 2.24) is 9.80 Å². The zero-order valence-corrected chi connectivity index (χ0v) is 11.5. The minimum Gasteiger partial charge on any atom is -0.339 e. The Hall–Kier alpha value is -2.02. The Morgan fingerprint density at radius 2 is 1.57 bits per heavy atom. The Balaban J connectivity index is 2.02. The third kappa shape index (κ3) is 3.36. The largest absolute Gasteiger partial charge is 0.339 e. The van der Waals surface area contributed by atoms with E-state index in [-0.39, 0.29) is 32.0 Å². The van der Waals surface area contributed by atoms with Crippen LogP contribution in [0.3, 0.4) is 0 Å². The van der Waals surface area contributed by atoms with E-state index < -0.39 is 23.1 Å². The van der Waals surface area contributed by atoms with Gasteiger partial charge in [-0.1, -0.05) is 6.07 Å². The van der Waals surface area contributed by atoms with Gasteiger partial charge in [-0.3, -0.25) is 9.59 Å². The van der Waals surface area contributed by atoms with Gasteiger partial charge < -0.3 is 15.5 Å². The number of hydrogen-bond acceptors (Lipinski definition) is 3.